The number of nitrogens with two attached hydrogens (primary N) is 1. The highest BCUT2D eigenvalue weighted by atomic mass is 35.5. The Balaban J connectivity index is 0.00000162. The number of hydrogen-bond donors (Lipinski definition) is 1. The Hall–Kier alpha value is -0.160. The van der Waals surface area contributed by atoms with Gasteiger partial charge in [-0.2, -0.15) is 0 Å². The molecule has 5 heteroatoms. The van der Waals surface area contributed by atoms with E-state index in [0.29, 0.717) is 6.04 Å². The van der Waals surface area contributed by atoms with E-state index in [4.69, 9.17) is 5.73 Å². The smallest absolute Gasteiger partial charge is 0.107 e. The van der Waals surface area contributed by atoms with Gasteiger partial charge in [-0.3, -0.25) is 4.90 Å². The molecule has 18 heavy (non-hydrogen) atoms. The zero-order valence-corrected chi connectivity index (χ0v) is 13.1. The van der Waals surface area contributed by atoms with E-state index < -0.39 is 0 Å². The molecule has 1 aliphatic heterocycles. The number of likely N-dealkylation sites (tertiary alicyclic amines) is 1. The highest BCUT2D eigenvalue weighted by Gasteiger charge is 2.24. The molecule has 104 valence electrons. The fourth-order valence-electron chi connectivity index (χ4n) is 2.27. The summed E-state index contributed by atoms with van der Waals surface area (Å²) in [6.07, 6.45) is 4.56. The topological polar surface area (TPSA) is 42.2 Å². The van der Waals surface area contributed by atoms with E-state index in [1.807, 2.05) is 17.5 Å². The van der Waals surface area contributed by atoms with Gasteiger partial charge in [0.1, 0.15) is 5.01 Å². The van der Waals surface area contributed by atoms with E-state index in [1.54, 1.807) is 0 Å². The van der Waals surface area contributed by atoms with Gasteiger partial charge in [0.05, 0.1) is 6.54 Å². The first-order valence-electron chi connectivity index (χ1n) is 6.40. The molecule has 0 bridgehead atoms. The predicted octanol–water partition coefficient (Wildman–Crippen LogP) is 2.79. The summed E-state index contributed by atoms with van der Waals surface area (Å²) in [7, 11) is 0. The molecule has 0 spiro atoms. The van der Waals surface area contributed by atoms with Crippen LogP contribution in [0.2, 0.25) is 0 Å². The summed E-state index contributed by atoms with van der Waals surface area (Å²) in [5, 5.41) is 1.23. The normalized spacial score (nSPS) is 21.0. The van der Waals surface area contributed by atoms with Gasteiger partial charge >= 0.3 is 0 Å². The lowest BCUT2D eigenvalue weighted by molar-refractivity contribution is 0.250. The average Bonchev–Trinajstić information content (AvgIpc) is 2.86. The highest BCUT2D eigenvalue weighted by molar-refractivity contribution is 7.11. The molecule has 0 saturated carbocycles. The summed E-state index contributed by atoms with van der Waals surface area (Å²) in [5.41, 5.74) is 6.01. The molecule has 2 N–H and O–H groups in total. The minimum absolute atomic E-state index is 0. The first-order valence-corrected chi connectivity index (χ1v) is 7.21. The van der Waals surface area contributed by atoms with Gasteiger partial charge in [-0.15, -0.1) is 23.7 Å². The monoisotopic (exact) mass is 289 g/mol. The van der Waals surface area contributed by atoms with Crippen LogP contribution in [0.25, 0.3) is 0 Å². The number of thiazole rings is 1. The van der Waals surface area contributed by atoms with Gasteiger partial charge in [0.15, 0.2) is 0 Å². The molecule has 0 aliphatic carbocycles. The molecule has 0 amide bonds. The zero-order chi connectivity index (χ0) is 12.5. The van der Waals surface area contributed by atoms with Crippen molar-refractivity contribution in [1.29, 1.82) is 0 Å². The molecule has 1 aromatic rings. The molecular weight excluding hydrogens is 266 g/mol. The largest absolute Gasteiger partial charge is 0.329 e. The van der Waals surface area contributed by atoms with Gasteiger partial charge in [-0.25, -0.2) is 4.98 Å². The standard InChI is InChI=1S/C13H23N3S.ClH/c1-13(2,3)11-8-15-12(17-11)9-16-6-4-5-10(16)7-14;/h8,10H,4-7,9,14H2,1-3H3;1H. The van der Waals surface area contributed by atoms with E-state index in [9.17, 15) is 0 Å². The molecule has 2 rings (SSSR count). The van der Waals surface area contributed by atoms with Crippen molar-refractivity contribution in [3.63, 3.8) is 0 Å². The Morgan fingerprint density at radius 3 is 2.78 bits per heavy atom. The van der Waals surface area contributed by atoms with Gasteiger partial charge in [-0.05, 0) is 24.8 Å². The van der Waals surface area contributed by atoms with Gasteiger partial charge in [0.2, 0.25) is 0 Å². The van der Waals surface area contributed by atoms with E-state index in [0.717, 1.165) is 13.1 Å². The van der Waals surface area contributed by atoms with E-state index in [2.05, 4.69) is 30.7 Å². The van der Waals surface area contributed by atoms with Crippen molar-refractivity contribution in [2.24, 2.45) is 5.73 Å². The van der Waals surface area contributed by atoms with E-state index in [-0.39, 0.29) is 17.8 Å². The third kappa shape index (κ3) is 3.67. The summed E-state index contributed by atoms with van der Waals surface area (Å²) >= 11 is 1.85. The number of hydrogen-bond acceptors (Lipinski definition) is 4. The second-order valence-electron chi connectivity index (χ2n) is 5.87. The average molecular weight is 290 g/mol. The Kier molecular flexibility index (Phi) is 5.59. The lowest BCUT2D eigenvalue weighted by atomic mass is 9.96. The van der Waals surface area contributed by atoms with Gasteiger partial charge in [0.25, 0.3) is 0 Å². The zero-order valence-electron chi connectivity index (χ0n) is 11.5. The summed E-state index contributed by atoms with van der Waals surface area (Å²) in [5.74, 6) is 0. The number of aromatic nitrogens is 1. The Labute approximate surface area is 120 Å². The van der Waals surface area contributed by atoms with Crippen LogP contribution in [-0.4, -0.2) is 29.0 Å². The molecule has 0 radical (unpaired) electrons. The van der Waals surface area contributed by atoms with Crippen LogP contribution < -0.4 is 5.73 Å². The summed E-state index contributed by atoms with van der Waals surface area (Å²) in [6.45, 7) is 9.64. The second-order valence-corrected chi connectivity index (χ2v) is 6.99. The number of rotatable bonds is 3. The fourth-order valence-corrected chi connectivity index (χ4v) is 3.28. The predicted molar refractivity (Wildman–Crippen MR) is 80.5 cm³/mol. The van der Waals surface area contributed by atoms with Crippen molar-refractivity contribution in [3.8, 4) is 0 Å². The maximum atomic E-state index is 5.79. The Bertz CT molecular complexity index is 373. The van der Waals surface area contributed by atoms with Crippen molar-refractivity contribution < 1.29 is 0 Å². The summed E-state index contributed by atoms with van der Waals surface area (Å²) in [4.78, 5) is 8.40. The first-order chi connectivity index (χ1) is 8.00. The van der Waals surface area contributed by atoms with E-state index >= 15 is 0 Å². The first kappa shape index (κ1) is 15.9. The van der Waals surface area contributed by atoms with Crippen molar-refractivity contribution in [1.82, 2.24) is 9.88 Å². The van der Waals surface area contributed by atoms with Crippen molar-refractivity contribution in [2.45, 2.75) is 51.6 Å². The van der Waals surface area contributed by atoms with Crippen LogP contribution in [0.4, 0.5) is 0 Å². The SMILES string of the molecule is CC(C)(C)c1cnc(CN2CCCC2CN)s1.Cl. The third-order valence-corrected chi connectivity index (χ3v) is 4.81. The highest BCUT2D eigenvalue weighted by Crippen LogP contribution is 2.29. The minimum Gasteiger partial charge on any atom is -0.329 e. The van der Waals surface area contributed by atoms with Crippen LogP contribution in [0.1, 0.15) is 43.5 Å². The number of nitrogens with zero attached hydrogens (tertiary/aromatic N) is 2. The molecule has 0 aromatic carbocycles. The van der Waals surface area contributed by atoms with E-state index in [1.165, 1.54) is 29.3 Å². The Morgan fingerprint density at radius 2 is 2.22 bits per heavy atom. The van der Waals surface area contributed by atoms with Crippen molar-refractivity contribution in [2.75, 3.05) is 13.1 Å². The molecular formula is C13H24ClN3S. The Morgan fingerprint density at radius 1 is 1.50 bits per heavy atom. The molecule has 2 heterocycles. The number of halogens is 1. The molecule has 1 atom stereocenters. The van der Waals surface area contributed by atoms with Crippen LogP contribution in [0.3, 0.4) is 0 Å². The van der Waals surface area contributed by atoms with Crippen molar-refractivity contribution >= 4 is 23.7 Å². The second kappa shape index (κ2) is 6.33. The van der Waals surface area contributed by atoms with Gasteiger partial charge in [0, 0.05) is 23.7 Å². The van der Waals surface area contributed by atoms with Crippen LogP contribution in [-0.2, 0) is 12.0 Å². The molecule has 1 saturated heterocycles. The lowest BCUT2D eigenvalue weighted by Gasteiger charge is -2.21. The van der Waals surface area contributed by atoms with Gasteiger partial charge < -0.3 is 5.73 Å². The van der Waals surface area contributed by atoms with Crippen LogP contribution in [0.15, 0.2) is 6.20 Å². The van der Waals surface area contributed by atoms with Crippen LogP contribution >= 0.6 is 23.7 Å². The van der Waals surface area contributed by atoms with Crippen LogP contribution in [0, 0.1) is 0 Å². The lowest BCUT2D eigenvalue weighted by Crippen LogP contribution is -2.34. The third-order valence-electron chi connectivity index (χ3n) is 3.40. The molecule has 1 aromatic heterocycles. The quantitative estimate of drug-likeness (QED) is 0.930. The molecule has 3 nitrogen and oxygen atoms in total. The van der Waals surface area contributed by atoms with Gasteiger partial charge in [-0.1, -0.05) is 20.8 Å². The minimum atomic E-state index is 0. The summed E-state index contributed by atoms with van der Waals surface area (Å²) < 4.78 is 0. The van der Waals surface area contributed by atoms with Crippen molar-refractivity contribution in [3.05, 3.63) is 16.1 Å². The molecule has 1 unspecified atom stereocenters. The van der Waals surface area contributed by atoms with Crippen LogP contribution in [0.5, 0.6) is 0 Å². The maximum Gasteiger partial charge on any atom is 0.107 e. The molecule has 1 aliphatic rings. The summed E-state index contributed by atoms with van der Waals surface area (Å²) in [6, 6.07) is 0.567. The fraction of sp³-hybridized carbons (Fsp3) is 0.769. The molecule has 1 fully saturated rings. The maximum absolute atomic E-state index is 5.79.